The van der Waals surface area contributed by atoms with Gasteiger partial charge in [0, 0.05) is 6.07 Å². The second kappa shape index (κ2) is 7.00. The molecule has 10 heteroatoms. The van der Waals surface area contributed by atoms with Crippen molar-refractivity contribution in [2.45, 2.75) is 4.90 Å². The van der Waals surface area contributed by atoms with E-state index in [1.54, 1.807) is 6.07 Å². The summed E-state index contributed by atoms with van der Waals surface area (Å²) in [6.07, 6.45) is 2.13. The van der Waals surface area contributed by atoms with E-state index in [0.29, 0.717) is 18.2 Å². The molecule has 6 nitrogen and oxygen atoms in total. The SMILES string of the molecule is O=S(=O)(Nc1cnc(Oc2ccccc2F)nc1)c1cc(F)cc(F)c1. The van der Waals surface area contributed by atoms with Crippen molar-refractivity contribution < 1.29 is 26.3 Å². The van der Waals surface area contributed by atoms with E-state index < -0.39 is 32.4 Å². The van der Waals surface area contributed by atoms with Gasteiger partial charge in [-0.05, 0) is 24.3 Å². The first-order chi connectivity index (χ1) is 12.3. The van der Waals surface area contributed by atoms with E-state index in [0.717, 1.165) is 12.4 Å². The highest BCUT2D eigenvalue weighted by molar-refractivity contribution is 7.92. The summed E-state index contributed by atoms with van der Waals surface area (Å²) in [5, 5.41) is 0. The fourth-order valence-electron chi connectivity index (χ4n) is 1.95. The van der Waals surface area contributed by atoms with Crippen LogP contribution in [0.3, 0.4) is 0 Å². The summed E-state index contributed by atoms with van der Waals surface area (Å²) in [6.45, 7) is 0. The number of benzene rings is 2. The number of para-hydroxylation sites is 1. The number of hydrogen-bond donors (Lipinski definition) is 1. The van der Waals surface area contributed by atoms with Crippen LogP contribution in [0.25, 0.3) is 0 Å². The van der Waals surface area contributed by atoms with Crippen LogP contribution in [0.4, 0.5) is 18.9 Å². The van der Waals surface area contributed by atoms with Gasteiger partial charge in [-0.15, -0.1) is 0 Å². The van der Waals surface area contributed by atoms with E-state index >= 15 is 0 Å². The summed E-state index contributed by atoms with van der Waals surface area (Å²) in [6, 6.07) is 7.27. The summed E-state index contributed by atoms with van der Waals surface area (Å²) < 4.78 is 71.4. The van der Waals surface area contributed by atoms with Gasteiger partial charge in [0.1, 0.15) is 11.6 Å². The summed E-state index contributed by atoms with van der Waals surface area (Å²) >= 11 is 0. The van der Waals surface area contributed by atoms with E-state index in [2.05, 4.69) is 14.7 Å². The molecule has 0 aliphatic heterocycles. The number of ether oxygens (including phenoxy) is 1. The van der Waals surface area contributed by atoms with E-state index in [9.17, 15) is 21.6 Å². The first-order valence-corrected chi connectivity index (χ1v) is 8.55. The van der Waals surface area contributed by atoms with Gasteiger partial charge in [0.25, 0.3) is 10.0 Å². The molecule has 0 amide bonds. The monoisotopic (exact) mass is 381 g/mol. The predicted octanol–water partition coefficient (Wildman–Crippen LogP) is 3.49. The average molecular weight is 381 g/mol. The van der Waals surface area contributed by atoms with Crippen LogP contribution < -0.4 is 9.46 Å². The number of halogens is 3. The molecule has 0 fully saturated rings. The van der Waals surface area contributed by atoms with Crippen molar-refractivity contribution in [3.63, 3.8) is 0 Å². The van der Waals surface area contributed by atoms with Crippen molar-refractivity contribution in [3.05, 3.63) is 72.3 Å². The van der Waals surface area contributed by atoms with Gasteiger partial charge in [-0.1, -0.05) is 12.1 Å². The molecule has 134 valence electrons. The molecule has 1 heterocycles. The van der Waals surface area contributed by atoms with Crippen molar-refractivity contribution >= 4 is 15.7 Å². The van der Waals surface area contributed by atoms with Gasteiger partial charge in [0.15, 0.2) is 11.6 Å². The van der Waals surface area contributed by atoms with Crippen LogP contribution in [-0.4, -0.2) is 18.4 Å². The number of rotatable bonds is 5. The summed E-state index contributed by atoms with van der Waals surface area (Å²) in [5.74, 6) is -2.78. The summed E-state index contributed by atoms with van der Waals surface area (Å²) in [5.41, 5.74) is -0.0736. The van der Waals surface area contributed by atoms with Gasteiger partial charge < -0.3 is 4.74 Å². The van der Waals surface area contributed by atoms with Crippen LogP contribution in [0.2, 0.25) is 0 Å². The third-order valence-electron chi connectivity index (χ3n) is 3.06. The maximum Gasteiger partial charge on any atom is 0.322 e. The number of anilines is 1. The molecule has 0 aliphatic rings. The maximum absolute atomic E-state index is 13.5. The normalized spacial score (nSPS) is 11.2. The minimum Gasteiger partial charge on any atom is -0.421 e. The molecule has 0 bridgehead atoms. The lowest BCUT2D eigenvalue weighted by molar-refractivity contribution is 0.411. The lowest BCUT2D eigenvalue weighted by Gasteiger charge is -2.09. The Hall–Kier alpha value is -3.14. The highest BCUT2D eigenvalue weighted by Gasteiger charge is 2.17. The van der Waals surface area contributed by atoms with Crippen LogP contribution in [0.5, 0.6) is 11.8 Å². The lowest BCUT2D eigenvalue weighted by Crippen LogP contribution is -2.14. The molecule has 0 saturated carbocycles. The Morgan fingerprint density at radius 3 is 2.15 bits per heavy atom. The number of aromatic nitrogens is 2. The second-order valence-electron chi connectivity index (χ2n) is 5.00. The quantitative estimate of drug-likeness (QED) is 0.732. The fourth-order valence-corrected chi connectivity index (χ4v) is 3.01. The highest BCUT2D eigenvalue weighted by Crippen LogP contribution is 2.22. The molecular formula is C16H10F3N3O3S. The zero-order valence-corrected chi connectivity index (χ0v) is 13.7. The van der Waals surface area contributed by atoms with Gasteiger partial charge in [-0.3, -0.25) is 4.72 Å². The third-order valence-corrected chi connectivity index (χ3v) is 4.43. The van der Waals surface area contributed by atoms with Gasteiger partial charge in [-0.25, -0.2) is 31.6 Å². The topological polar surface area (TPSA) is 81.2 Å². The molecule has 3 aromatic rings. The Bertz CT molecular complexity index is 1020. The molecule has 2 aromatic carbocycles. The Labute approximate surface area is 146 Å². The molecule has 1 N–H and O–H groups in total. The van der Waals surface area contributed by atoms with E-state index in [1.807, 2.05) is 0 Å². The molecule has 26 heavy (non-hydrogen) atoms. The number of hydrogen-bond acceptors (Lipinski definition) is 5. The molecule has 3 rings (SSSR count). The lowest BCUT2D eigenvalue weighted by atomic mass is 10.3. The minimum absolute atomic E-state index is 0.0736. The molecular weight excluding hydrogens is 371 g/mol. The average Bonchev–Trinajstić information content (AvgIpc) is 2.57. The predicted molar refractivity (Wildman–Crippen MR) is 85.7 cm³/mol. The zero-order valence-electron chi connectivity index (χ0n) is 12.9. The van der Waals surface area contributed by atoms with Gasteiger partial charge in [0.2, 0.25) is 0 Å². The molecule has 0 unspecified atom stereocenters. The third kappa shape index (κ3) is 4.09. The Kier molecular flexibility index (Phi) is 4.76. The van der Waals surface area contributed by atoms with Crippen molar-refractivity contribution in [2.75, 3.05) is 4.72 Å². The van der Waals surface area contributed by atoms with Crippen molar-refractivity contribution in [1.29, 1.82) is 0 Å². The van der Waals surface area contributed by atoms with E-state index in [4.69, 9.17) is 4.74 Å². The molecule has 0 spiro atoms. The van der Waals surface area contributed by atoms with Crippen LogP contribution in [0, 0.1) is 17.5 Å². The van der Waals surface area contributed by atoms with Crippen molar-refractivity contribution in [2.24, 2.45) is 0 Å². The summed E-state index contributed by atoms with van der Waals surface area (Å²) in [4.78, 5) is 6.91. The van der Waals surface area contributed by atoms with Crippen LogP contribution in [0.1, 0.15) is 0 Å². The van der Waals surface area contributed by atoms with E-state index in [-0.39, 0.29) is 17.4 Å². The smallest absolute Gasteiger partial charge is 0.322 e. The highest BCUT2D eigenvalue weighted by atomic mass is 32.2. The van der Waals surface area contributed by atoms with Crippen LogP contribution >= 0.6 is 0 Å². The second-order valence-corrected chi connectivity index (χ2v) is 6.68. The van der Waals surface area contributed by atoms with Crippen LogP contribution in [0.15, 0.2) is 59.8 Å². The minimum atomic E-state index is -4.25. The van der Waals surface area contributed by atoms with Gasteiger partial charge in [0.05, 0.1) is 23.0 Å². The largest absolute Gasteiger partial charge is 0.421 e. The molecule has 1 aromatic heterocycles. The molecule has 0 radical (unpaired) electrons. The molecule has 0 aliphatic carbocycles. The Morgan fingerprint density at radius 2 is 1.54 bits per heavy atom. The van der Waals surface area contributed by atoms with Crippen molar-refractivity contribution in [1.82, 2.24) is 9.97 Å². The van der Waals surface area contributed by atoms with Gasteiger partial charge in [-0.2, -0.15) is 0 Å². The Morgan fingerprint density at radius 1 is 0.923 bits per heavy atom. The Balaban J connectivity index is 1.77. The fraction of sp³-hybridized carbons (Fsp3) is 0. The molecule has 0 saturated heterocycles. The van der Waals surface area contributed by atoms with Crippen molar-refractivity contribution in [3.8, 4) is 11.8 Å². The number of sulfonamides is 1. The first-order valence-electron chi connectivity index (χ1n) is 7.07. The first kappa shape index (κ1) is 17.7. The molecule has 0 atom stereocenters. The van der Waals surface area contributed by atoms with Gasteiger partial charge >= 0.3 is 6.01 Å². The summed E-state index contributed by atoms with van der Waals surface area (Å²) in [7, 11) is -4.25. The number of nitrogens with one attached hydrogen (secondary N) is 1. The standard InChI is InChI=1S/C16H10F3N3O3S/c17-10-5-11(18)7-13(6-10)26(23,24)22-12-8-20-16(21-9-12)25-15-4-2-1-3-14(15)19/h1-9,22H. The number of nitrogens with zero attached hydrogens (tertiary/aromatic N) is 2. The maximum atomic E-state index is 13.5. The van der Waals surface area contributed by atoms with Crippen LogP contribution in [-0.2, 0) is 10.0 Å². The van der Waals surface area contributed by atoms with E-state index in [1.165, 1.54) is 18.2 Å². The zero-order chi connectivity index (χ0) is 18.7.